The number of aryl methyl sites for hydroxylation is 2. The highest BCUT2D eigenvalue weighted by Crippen LogP contribution is 2.19. The van der Waals surface area contributed by atoms with Gasteiger partial charge in [-0.25, -0.2) is 0 Å². The quantitative estimate of drug-likeness (QED) is 0.900. The summed E-state index contributed by atoms with van der Waals surface area (Å²) in [5, 5.41) is 4.62. The molecule has 1 aromatic heterocycles. The van der Waals surface area contributed by atoms with Gasteiger partial charge in [0.15, 0.2) is 0 Å². The minimum absolute atomic E-state index is 0.00887. The first-order valence-corrected chi connectivity index (χ1v) is 7.38. The van der Waals surface area contributed by atoms with Crippen LogP contribution in [0.25, 0.3) is 0 Å². The molecule has 0 saturated carbocycles. The normalized spacial score (nSPS) is 14.2. The van der Waals surface area contributed by atoms with Crippen LogP contribution in [0.15, 0.2) is 30.5 Å². The summed E-state index contributed by atoms with van der Waals surface area (Å²) in [6.07, 6.45) is 3.92. The van der Waals surface area contributed by atoms with Crippen LogP contribution in [0.1, 0.15) is 54.7 Å². The summed E-state index contributed by atoms with van der Waals surface area (Å²) in [5.74, 6) is 0. The third-order valence-corrected chi connectivity index (χ3v) is 4.09. The Hall–Kier alpha value is -1.61. The van der Waals surface area contributed by atoms with Gasteiger partial charge in [-0.05, 0) is 49.9 Å². The molecule has 3 heteroatoms. The van der Waals surface area contributed by atoms with E-state index in [1.54, 1.807) is 0 Å². The molecular weight excluding hydrogens is 246 g/mol. The van der Waals surface area contributed by atoms with Crippen LogP contribution in [-0.2, 0) is 6.42 Å². The lowest BCUT2D eigenvalue weighted by Gasteiger charge is -2.13. The minimum Gasteiger partial charge on any atom is -0.324 e. The topological polar surface area (TPSA) is 43.8 Å². The monoisotopic (exact) mass is 271 g/mol. The fourth-order valence-electron chi connectivity index (χ4n) is 2.26. The number of rotatable bonds is 5. The molecule has 2 atom stereocenters. The molecule has 1 aromatic carbocycles. The minimum atomic E-state index is 0.00887. The second-order valence-electron chi connectivity index (χ2n) is 5.70. The Bertz CT molecular complexity index is 571. The molecule has 1 heterocycles. The highest BCUT2D eigenvalue weighted by atomic mass is 15.3. The Kier molecular flexibility index (Phi) is 4.61. The van der Waals surface area contributed by atoms with Crippen LogP contribution < -0.4 is 5.73 Å². The van der Waals surface area contributed by atoms with Gasteiger partial charge in [0.25, 0.3) is 0 Å². The van der Waals surface area contributed by atoms with Crippen molar-refractivity contribution in [2.75, 3.05) is 0 Å². The van der Waals surface area contributed by atoms with E-state index in [0.29, 0.717) is 6.04 Å². The maximum atomic E-state index is 6.31. The summed E-state index contributed by atoms with van der Waals surface area (Å²) in [7, 11) is 0. The van der Waals surface area contributed by atoms with Crippen molar-refractivity contribution in [3.05, 3.63) is 52.8 Å². The first-order valence-electron chi connectivity index (χ1n) is 7.38. The number of benzene rings is 1. The van der Waals surface area contributed by atoms with Crippen molar-refractivity contribution in [3.8, 4) is 0 Å². The van der Waals surface area contributed by atoms with E-state index in [2.05, 4.69) is 63.3 Å². The van der Waals surface area contributed by atoms with Gasteiger partial charge in [0.1, 0.15) is 0 Å². The molecule has 2 aromatic rings. The molecule has 3 nitrogen and oxygen atoms in total. The van der Waals surface area contributed by atoms with Crippen LogP contribution in [0.4, 0.5) is 0 Å². The second-order valence-corrected chi connectivity index (χ2v) is 5.70. The Morgan fingerprint density at radius 2 is 1.95 bits per heavy atom. The van der Waals surface area contributed by atoms with Gasteiger partial charge in [-0.2, -0.15) is 5.10 Å². The van der Waals surface area contributed by atoms with Crippen LogP contribution in [0.2, 0.25) is 0 Å². The average molecular weight is 271 g/mol. The molecule has 0 fully saturated rings. The zero-order valence-corrected chi connectivity index (χ0v) is 12.9. The molecular formula is C17H25N3. The molecule has 0 radical (unpaired) electrons. The van der Waals surface area contributed by atoms with E-state index in [-0.39, 0.29) is 6.04 Å². The van der Waals surface area contributed by atoms with Crippen molar-refractivity contribution >= 4 is 0 Å². The van der Waals surface area contributed by atoms with Gasteiger partial charge in [-0.15, -0.1) is 0 Å². The van der Waals surface area contributed by atoms with E-state index in [1.807, 2.05) is 4.68 Å². The van der Waals surface area contributed by atoms with Gasteiger partial charge < -0.3 is 5.73 Å². The predicted octanol–water partition coefficient (Wildman–Crippen LogP) is 3.71. The Balaban J connectivity index is 2.09. The van der Waals surface area contributed by atoms with E-state index in [9.17, 15) is 0 Å². The van der Waals surface area contributed by atoms with E-state index in [4.69, 9.17) is 5.73 Å². The van der Waals surface area contributed by atoms with Crippen molar-refractivity contribution < 1.29 is 0 Å². The number of aromatic nitrogens is 2. The zero-order valence-electron chi connectivity index (χ0n) is 12.9. The lowest BCUT2D eigenvalue weighted by atomic mass is 9.99. The Morgan fingerprint density at radius 3 is 2.60 bits per heavy atom. The van der Waals surface area contributed by atoms with Crippen LogP contribution in [0, 0.1) is 13.8 Å². The number of hydrogen-bond donors (Lipinski definition) is 1. The maximum absolute atomic E-state index is 6.31. The first-order chi connectivity index (χ1) is 9.51. The van der Waals surface area contributed by atoms with Gasteiger partial charge in [0.05, 0.1) is 5.69 Å². The first kappa shape index (κ1) is 14.8. The van der Waals surface area contributed by atoms with Crippen LogP contribution in [0.3, 0.4) is 0 Å². The standard InChI is InChI=1S/C17H25N3/c1-5-14(4)20-9-8-16(19-20)11-17(18)15-7-6-12(2)13(3)10-15/h6-10,14,17H,5,11,18H2,1-4H3. The van der Waals surface area contributed by atoms with Crippen molar-refractivity contribution in [3.63, 3.8) is 0 Å². The third kappa shape index (κ3) is 3.28. The molecule has 0 amide bonds. The van der Waals surface area contributed by atoms with Gasteiger partial charge in [-0.3, -0.25) is 4.68 Å². The zero-order chi connectivity index (χ0) is 14.7. The molecule has 0 saturated heterocycles. The van der Waals surface area contributed by atoms with Crippen molar-refractivity contribution in [1.29, 1.82) is 0 Å². The third-order valence-electron chi connectivity index (χ3n) is 4.09. The summed E-state index contributed by atoms with van der Waals surface area (Å²) < 4.78 is 2.03. The largest absolute Gasteiger partial charge is 0.324 e. The van der Waals surface area contributed by atoms with E-state index in [0.717, 1.165) is 18.5 Å². The molecule has 0 aliphatic heterocycles. The van der Waals surface area contributed by atoms with Crippen LogP contribution in [0.5, 0.6) is 0 Å². The highest BCUT2D eigenvalue weighted by molar-refractivity contribution is 5.32. The van der Waals surface area contributed by atoms with Crippen molar-refractivity contribution in [2.24, 2.45) is 5.73 Å². The number of nitrogens with two attached hydrogens (primary N) is 1. The summed E-state index contributed by atoms with van der Waals surface area (Å²) in [6, 6.07) is 8.98. The Labute approximate surface area is 121 Å². The SMILES string of the molecule is CCC(C)n1ccc(CC(N)c2ccc(C)c(C)c2)n1. The number of nitrogens with zero attached hydrogens (tertiary/aromatic N) is 2. The molecule has 108 valence electrons. The molecule has 2 N–H and O–H groups in total. The molecule has 0 aliphatic rings. The van der Waals surface area contributed by atoms with Gasteiger partial charge in [0, 0.05) is 24.7 Å². The summed E-state index contributed by atoms with van der Waals surface area (Å²) in [4.78, 5) is 0. The lowest BCUT2D eigenvalue weighted by molar-refractivity contribution is 0.472. The Morgan fingerprint density at radius 1 is 1.20 bits per heavy atom. The fraction of sp³-hybridized carbons (Fsp3) is 0.471. The summed E-state index contributed by atoms with van der Waals surface area (Å²) in [6.45, 7) is 8.61. The van der Waals surface area contributed by atoms with Gasteiger partial charge in [0.2, 0.25) is 0 Å². The second kappa shape index (κ2) is 6.23. The average Bonchev–Trinajstić information content (AvgIpc) is 2.89. The lowest BCUT2D eigenvalue weighted by Crippen LogP contribution is -2.14. The molecule has 20 heavy (non-hydrogen) atoms. The molecule has 2 unspecified atom stereocenters. The van der Waals surface area contributed by atoms with Gasteiger partial charge in [-0.1, -0.05) is 25.1 Å². The van der Waals surface area contributed by atoms with Crippen LogP contribution >= 0.6 is 0 Å². The van der Waals surface area contributed by atoms with Gasteiger partial charge >= 0.3 is 0 Å². The molecule has 0 spiro atoms. The number of hydrogen-bond acceptors (Lipinski definition) is 2. The van der Waals surface area contributed by atoms with Crippen molar-refractivity contribution in [1.82, 2.24) is 9.78 Å². The fourth-order valence-corrected chi connectivity index (χ4v) is 2.26. The van der Waals surface area contributed by atoms with E-state index >= 15 is 0 Å². The van der Waals surface area contributed by atoms with Crippen molar-refractivity contribution in [2.45, 2.75) is 52.6 Å². The predicted molar refractivity (Wildman–Crippen MR) is 83.8 cm³/mol. The van der Waals surface area contributed by atoms with E-state index in [1.165, 1.54) is 16.7 Å². The van der Waals surface area contributed by atoms with Crippen LogP contribution in [-0.4, -0.2) is 9.78 Å². The summed E-state index contributed by atoms with van der Waals surface area (Å²) in [5.41, 5.74) is 11.2. The highest BCUT2D eigenvalue weighted by Gasteiger charge is 2.11. The van der Waals surface area contributed by atoms with E-state index < -0.39 is 0 Å². The smallest absolute Gasteiger partial charge is 0.0643 e. The maximum Gasteiger partial charge on any atom is 0.0643 e. The molecule has 2 rings (SSSR count). The molecule has 0 bridgehead atoms. The summed E-state index contributed by atoms with van der Waals surface area (Å²) >= 11 is 0. The molecule has 0 aliphatic carbocycles.